The minimum absolute atomic E-state index is 0.192. The van der Waals surface area contributed by atoms with Gasteiger partial charge in [-0.15, -0.1) is 0 Å². The zero-order valence-corrected chi connectivity index (χ0v) is 14.0. The van der Waals surface area contributed by atoms with Crippen LogP contribution in [0.4, 0.5) is 5.69 Å². The molecule has 0 aliphatic carbocycles. The number of H-pyrrole nitrogens is 1. The molecule has 0 fully saturated rings. The third kappa shape index (κ3) is 5.41. The highest BCUT2D eigenvalue weighted by Crippen LogP contribution is 2.14. The summed E-state index contributed by atoms with van der Waals surface area (Å²) in [4.78, 5) is 17.8. The predicted molar refractivity (Wildman–Crippen MR) is 92.8 cm³/mol. The van der Waals surface area contributed by atoms with Crippen molar-refractivity contribution in [3.8, 4) is 0 Å². The van der Waals surface area contributed by atoms with Crippen molar-refractivity contribution < 1.29 is 4.79 Å². The van der Waals surface area contributed by atoms with Gasteiger partial charge in [-0.25, -0.2) is 10.4 Å². The molecule has 7 nitrogen and oxygen atoms in total. The lowest BCUT2D eigenvalue weighted by Crippen LogP contribution is -2.21. The van der Waals surface area contributed by atoms with Gasteiger partial charge in [0.1, 0.15) is 6.33 Å². The van der Waals surface area contributed by atoms with Crippen LogP contribution in [0.25, 0.3) is 0 Å². The highest BCUT2D eigenvalue weighted by Gasteiger charge is 2.03. The molecule has 0 unspecified atom stereocenters. The highest BCUT2D eigenvalue weighted by atomic mass is 32.2. The summed E-state index contributed by atoms with van der Waals surface area (Å²) >= 11 is 1.27. The van der Waals surface area contributed by atoms with E-state index in [0.717, 1.165) is 18.7 Å². The standard InChI is InChI=1S/C15H20N6OS/c1-3-21(4-2)13-7-5-12(6-8-13)9-17-19-14(22)10-23-15-16-11-18-20-15/h5-9,11H,3-4,10H2,1-2H3,(H,19,22)(H,16,18,20). The van der Waals surface area contributed by atoms with Crippen molar-refractivity contribution in [3.05, 3.63) is 36.2 Å². The number of aromatic nitrogens is 3. The minimum atomic E-state index is -0.192. The molecule has 2 N–H and O–H groups in total. The first kappa shape index (κ1) is 17.0. The number of nitrogens with zero attached hydrogens (tertiary/aromatic N) is 4. The summed E-state index contributed by atoms with van der Waals surface area (Å²) in [5, 5.41) is 11.0. The van der Waals surface area contributed by atoms with E-state index in [0.29, 0.717) is 5.16 Å². The molecule has 0 radical (unpaired) electrons. The molecule has 0 saturated heterocycles. The van der Waals surface area contributed by atoms with E-state index in [9.17, 15) is 4.79 Å². The number of nitrogens with one attached hydrogen (secondary N) is 2. The van der Waals surface area contributed by atoms with E-state index in [1.807, 2.05) is 12.1 Å². The van der Waals surface area contributed by atoms with Crippen molar-refractivity contribution in [3.63, 3.8) is 0 Å². The van der Waals surface area contributed by atoms with Gasteiger partial charge in [-0.2, -0.15) is 10.2 Å². The molecule has 0 atom stereocenters. The van der Waals surface area contributed by atoms with E-state index in [-0.39, 0.29) is 11.7 Å². The van der Waals surface area contributed by atoms with Gasteiger partial charge in [0.05, 0.1) is 12.0 Å². The minimum Gasteiger partial charge on any atom is -0.372 e. The number of anilines is 1. The van der Waals surface area contributed by atoms with Crippen LogP contribution in [-0.2, 0) is 4.79 Å². The molecule has 2 rings (SSSR count). The van der Waals surface area contributed by atoms with E-state index in [4.69, 9.17) is 0 Å². The van der Waals surface area contributed by atoms with Crippen LogP contribution in [0.3, 0.4) is 0 Å². The van der Waals surface area contributed by atoms with Gasteiger partial charge < -0.3 is 4.90 Å². The molecule has 122 valence electrons. The first-order valence-electron chi connectivity index (χ1n) is 7.38. The second-order valence-electron chi connectivity index (χ2n) is 4.64. The quantitative estimate of drug-likeness (QED) is 0.438. The zero-order chi connectivity index (χ0) is 16.5. The molecule has 0 saturated carbocycles. The molecule has 8 heteroatoms. The molecule has 0 aliphatic rings. The van der Waals surface area contributed by atoms with Crippen LogP contribution in [-0.4, -0.2) is 46.1 Å². The summed E-state index contributed by atoms with van der Waals surface area (Å²) in [7, 11) is 0. The number of thioether (sulfide) groups is 1. The fourth-order valence-electron chi connectivity index (χ4n) is 1.97. The van der Waals surface area contributed by atoms with Gasteiger partial charge in [0.25, 0.3) is 5.91 Å². The van der Waals surface area contributed by atoms with E-state index in [2.05, 4.69) is 56.6 Å². The number of carbonyl (C=O) groups is 1. The molecule has 1 heterocycles. The van der Waals surface area contributed by atoms with Crippen LogP contribution in [0.5, 0.6) is 0 Å². The fourth-order valence-corrected chi connectivity index (χ4v) is 2.54. The van der Waals surface area contributed by atoms with E-state index < -0.39 is 0 Å². The summed E-state index contributed by atoms with van der Waals surface area (Å²) in [6.07, 6.45) is 3.03. The lowest BCUT2D eigenvalue weighted by molar-refractivity contribution is -0.118. The predicted octanol–water partition coefficient (Wildman–Crippen LogP) is 1.89. The molecule has 1 amide bonds. The Kier molecular flexibility index (Phi) is 6.61. The van der Waals surface area contributed by atoms with Gasteiger partial charge in [-0.1, -0.05) is 23.9 Å². The lowest BCUT2D eigenvalue weighted by atomic mass is 10.2. The number of hydrogen-bond acceptors (Lipinski definition) is 6. The topological polar surface area (TPSA) is 86.3 Å². The van der Waals surface area contributed by atoms with E-state index in [1.165, 1.54) is 23.8 Å². The number of aromatic amines is 1. The second kappa shape index (κ2) is 8.94. The van der Waals surface area contributed by atoms with Crippen molar-refractivity contribution >= 4 is 29.6 Å². The summed E-state index contributed by atoms with van der Waals surface area (Å²) < 4.78 is 0. The molecular formula is C15H20N6OS. The SMILES string of the molecule is CCN(CC)c1ccc(C=NNC(=O)CSc2ncn[nH]2)cc1. The van der Waals surface area contributed by atoms with Crippen molar-refractivity contribution in [2.45, 2.75) is 19.0 Å². The molecule has 2 aromatic rings. The number of rotatable bonds is 8. The Morgan fingerprint density at radius 2 is 2.09 bits per heavy atom. The van der Waals surface area contributed by atoms with E-state index in [1.54, 1.807) is 6.21 Å². The monoisotopic (exact) mass is 332 g/mol. The molecule has 0 bridgehead atoms. The molecular weight excluding hydrogens is 312 g/mol. The Morgan fingerprint density at radius 3 is 2.70 bits per heavy atom. The van der Waals surface area contributed by atoms with Crippen molar-refractivity contribution in [2.24, 2.45) is 5.10 Å². The number of hydrazone groups is 1. The number of carbonyl (C=O) groups excluding carboxylic acids is 1. The fraction of sp³-hybridized carbons (Fsp3) is 0.333. The van der Waals surface area contributed by atoms with Crippen molar-refractivity contribution in [1.82, 2.24) is 20.6 Å². The van der Waals surface area contributed by atoms with Crippen molar-refractivity contribution in [1.29, 1.82) is 0 Å². The smallest absolute Gasteiger partial charge is 0.250 e. The van der Waals surface area contributed by atoms with Gasteiger partial charge in [-0.05, 0) is 31.5 Å². The maximum absolute atomic E-state index is 11.6. The van der Waals surface area contributed by atoms with Gasteiger partial charge in [0, 0.05) is 18.8 Å². The van der Waals surface area contributed by atoms with Crippen LogP contribution in [0.2, 0.25) is 0 Å². The average Bonchev–Trinajstić information content (AvgIpc) is 3.09. The van der Waals surface area contributed by atoms with E-state index >= 15 is 0 Å². The lowest BCUT2D eigenvalue weighted by Gasteiger charge is -2.20. The van der Waals surface area contributed by atoms with Crippen LogP contribution < -0.4 is 10.3 Å². The molecule has 0 spiro atoms. The number of hydrogen-bond donors (Lipinski definition) is 2. The van der Waals surface area contributed by atoms with Gasteiger partial charge in [0.15, 0.2) is 5.16 Å². The number of amides is 1. The second-order valence-corrected chi connectivity index (χ2v) is 5.60. The maximum atomic E-state index is 11.6. The third-order valence-electron chi connectivity index (χ3n) is 3.16. The summed E-state index contributed by atoms with van der Waals surface area (Å²) in [5.41, 5.74) is 4.61. The largest absolute Gasteiger partial charge is 0.372 e. The highest BCUT2D eigenvalue weighted by molar-refractivity contribution is 7.99. The molecule has 23 heavy (non-hydrogen) atoms. The Bertz CT molecular complexity index is 622. The summed E-state index contributed by atoms with van der Waals surface area (Å²) in [5.74, 6) is 0.0374. The van der Waals surface area contributed by atoms with Crippen LogP contribution >= 0.6 is 11.8 Å². The molecule has 0 aliphatic heterocycles. The third-order valence-corrected chi connectivity index (χ3v) is 4.03. The first-order valence-corrected chi connectivity index (χ1v) is 8.36. The maximum Gasteiger partial charge on any atom is 0.250 e. The number of benzene rings is 1. The first-order chi connectivity index (χ1) is 11.2. The molecule has 1 aromatic carbocycles. The van der Waals surface area contributed by atoms with Gasteiger partial charge in [0.2, 0.25) is 0 Å². The van der Waals surface area contributed by atoms with Gasteiger partial charge >= 0.3 is 0 Å². The van der Waals surface area contributed by atoms with Crippen LogP contribution in [0, 0.1) is 0 Å². The van der Waals surface area contributed by atoms with Crippen LogP contribution in [0.15, 0.2) is 40.9 Å². The summed E-state index contributed by atoms with van der Waals surface area (Å²) in [6, 6.07) is 8.06. The normalized spacial score (nSPS) is 10.9. The Morgan fingerprint density at radius 1 is 1.35 bits per heavy atom. The van der Waals surface area contributed by atoms with Crippen LogP contribution in [0.1, 0.15) is 19.4 Å². The van der Waals surface area contributed by atoms with Gasteiger partial charge in [-0.3, -0.25) is 9.89 Å². The summed E-state index contributed by atoms with van der Waals surface area (Å²) in [6.45, 7) is 6.21. The Hall–Kier alpha value is -2.35. The Labute approximate surface area is 139 Å². The van der Waals surface area contributed by atoms with Crippen molar-refractivity contribution in [2.75, 3.05) is 23.7 Å². The average molecular weight is 332 g/mol. The zero-order valence-electron chi connectivity index (χ0n) is 13.2. The Balaban J connectivity index is 1.79. The molecule has 1 aromatic heterocycles.